The van der Waals surface area contributed by atoms with Crippen LogP contribution in [-0.4, -0.2) is 25.1 Å². The number of fused-ring (bicyclic) bond motifs is 4. The Morgan fingerprint density at radius 3 is 2.79 bits per heavy atom. The number of ether oxygens (including phenoxy) is 3. The van der Waals surface area contributed by atoms with Crippen molar-refractivity contribution < 1.29 is 28.3 Å². The Labute approximate surface area is 187 Å². The largest absolute Gasteiger partial charge is 0.458 e. The van der Waals surface area contributed by atoms with Crippen LogP contribution in [0.1, 0.15) is 18.1 Å². The van der Waals surface area contributed by atoms with Crippen LogP contribution in [0.2, 0.25) is 0 Å². The molecule has 33 heavy (non-hydrogen) atoms. The lowest BCUT2D eigenvalue weighted by molar-refractivity contribution is -0.150. The maximum Gasteiger partial charge on any atom is 0.347 e. The number of hydrogen-bond acceptors (Lipinski definition) is 8. The highest BCUT2D eigenvalue weighted by Crippen LogP contribution is 2.32. The molecule has 0 saturated heterocycles. The first-order valence-electron chi connectivity index (χ1n) is 10.3. The molecule has 0 bridgehead atoms. The summed E-state index contributed by atoms with van der Waals surface area (Å²) in [5, 5.41) is 6.60. The third kappa shape index (κ3) is 4.23. The Morgan fingerprint density at radius 2 is 1.88 bits per heavy atom. The van der Waals surface area contributed by atoms with Crippen LogP contribution >= 0.6 is 0 Å². The fraction of sp³-hybridized carbons (Fsp3) is 0.160. The van der Waals surface area contributed by atoms with E-state index in [0.29, 0.717) is 28.4 Å². The van der Waals surface area contributed by atoms with Gasteiger partial charge in [0.25, 0.3) is 0 Å². The fourth-order valence-electron chi connectivity index (χ4n) is 3.69. The van der Waals surface area contributed by atoms with Gasteiger partial charge in [0.2, 0.25) is 13.4 Å². The van der Waals surface area contributed by atoms with Gasteiger partial charge in [0.1, 0.15) is 12.2 Å². The van der Waals surface area contributed by atoms with Gasteiger partial charge in [-0.2, -0.15) is 0 Å². The van der Waals surface area contributed by atoms with Gasteiger partial charge in [-0.05, 0) is 42.0 Å². The van der Waals surface area contributed by atoms with Crippen LogP contribution in [0.25, 0.3) is 21.7 Å². The topological polar surface area (TPSA) is 96.6 Å². The molecule has 0 amide bonds. The first kappa shape index (κ1) is 20.6. The summed E-state index contributed by atoms with van der Waals surface area (Å²) in [6.07, 6.45) is 0. The van der Waals surface area contributed by atoms with Gasteiger partial charge < -0.3 is 23.5 Å². The van der Waals surface area contributed by atoms with E-state index in [1.165, 1.54) is 6.07 Å². The number of nitrogens with zero attached hydrogens (tertiary/aromatic N) is 1. The average Bonchev–Trinajstić information content (AvgIpc) is 3.30. The highest BCUT2D eigenvalue weighted by molar-refractivity contribution is 6.07. The number of esters is 1. The van der Waals surface area contributed by atoms with Crippen LogP contribution in [0.4, 0.5) is 0 Å². The standard InChI is InChI=1S/C25H19NO7/c1-15(17-7-8-20-22(10-17)31-14-30-20)26-32-13-24(28)29-12-18-11-23(27)33-21-9-6-16-4-2-3-5-19(16)25(18)21/h2-11H,12-14H2,1H3/b26-15-. The van der Waals surface area contributed by atoms with Crippen LogP contribution in [-0.2, 0) is 21.0 Å². The average molecular weight is 445 g/mol. The van der Waals surface area contributed by atoms with Crippen LogP contribution in [0.15, 0.2) is 75.0 Å². The molecule has 8 heteroatoms. The van der Waals surface area contributed by atoms with E-state index in [9.17, 15) is 9.59 Å². The van der Waals surface area contributed by atoms with Crippen LogP contribution < -0.4 is 15.1 Å². The van der Waals surface area contributed by atoms with E-state index in [0.717, 1.165) is 21.7 Å². The van der Waals surface area contributed by atoms with Gasteiger partial charge in [-0.1, -0.05) is 35.5 Å². The zero-order valence-corrected chi connectivity index (χ0v) is 17.7. The zero-order chi connectivity index (χ0) is 22.8. The summed E-state index contributed by atoms with van der Waals surface area (Å²) in [5.41, 5.74) is 1.84. The predicted octanol–water partition coefficient (Wildman–Crippen LogP) is 4.16. The van der Waals surface area contributed by atoms with Crippen molar-refractivity contribution in [3.8, 4) is 11.5 Å². The number of oxime groups is 1. The molecule has 0 atom stereocenters. The van der Waals surface area contributed by atoms with E-state index in [1.54, 1.807) is 25.1 Å². The van der Waals surface area contributed by atoms with Crippen LogP contribution in [0.5, 0.6) is 11.5 Å². The Bertz CT molecular complexity index is 1450. The molecule has 1 aliphatic heterocycles. The monoisotopic (exact) mass is 445 g/mol. The van der Waals surface area contributed by atoms with Crippen LogP contribution in [0.3, 0.4) is 0 Å². The first-order chi connectivity index (χ1) is 16.1. The summed E-state index contributed by atoms with van der Waals surface area (Å²) in [6.45, 7) is 1.47. The van der Waals surface area contributed by atoms with Crippen molar-refractivity contribution in [1.82, 2.24) is 0 Å². The molecule has 0 spiro atoms. The lowest BCUT2D eigenvalue weighted by Crippen LogP contribution is -2.12. The van der Waals surface area contributed by atoms with E-state index in [-0.39, 0.29) is 20.0 Å². The van der Waals surface area contributed by atoms with Crippen molar-refractivity contribution in [1.29, 1.82) is 0 Å². The van der Waals surface area contributed by atoms with Gasteiger partial charge in [0, 0.05) is 22.6 Å². The minimum absolute atomic E-state index is 0.0941. The number of benzene rings is 3. The molecule has 0 fully saturated rings. The van der Waals surface area contributed by atoms with Gasteiger partial charge in [-0.25, -0.2) is 9.59 Å². The summed E-state index contributed by atoms with van der Waals surface area (Å²) in [4.78, 5) is 29.4. The molecule has 3 aromatic carbocycles. The van der Waals surface area contributed by atoms with Crippen molar-refractivity contribution in [2.24, 2.45) is 5.16 Å². The third-order valence-corrected chi connectivity index (χ3v) is 5.28. The second kappa shape index (κ2) is 8.66. The third-order valence-electron chi connectivity index (χ3n) is 5.28. The Kier molecular flexibility index (Phi) is 5.40. The SMILES string of the molecule is C/C(=N/OCC(=O)OCc1cc(=O)oc2ccc3ccccc3c12)c1ccc2c(c1)OCO2. The molecule has 2 heterocycles. The summed E-state index contributed by atoms with van der Waals surface area (Å²) in [7, 11) is 0. The summed E-state index contributed by atoms with van der Waals surface area (Å²) in [5.74, 6) is 0.693. The van der Waals surface area contributed by atoms with E-state index >= 15 is 0 Å². The molecule has 0 N–H and O–H groups in total. The lowest BCUT2D eigenvalue weighted by Gasteiger charge is -2.09. The quantitative estimate of drug-likeness (QED) is 0.145. The second-order valence-electron chi connectivity index (χ2n) is 7.43. The Balaban J connectivity index is 1.26. The molecule has 8 nitrogen and oxygen atoms in total. The van der Waals surface area contributed by atoms with Gasteiger partial charge >= 0.3 is 11.6 Å². The van der Waals surface area contributed by atoms with Crippen molar-refractivity contribution in [3.05, 3.63) is 82.2 Å². The first-order valence-corrected chi connectivity index (χ1v) is 10.3. The molecule has 0 saturated carbocycles. The van der Waals surface area contributed by atoms with Gasteiger partial charge in [0.15, 0.2) is 11.5 Å². The normalized spacial score (nSPS) is 12.8. The van der Waals surface area contributed by atoms with E-state index < -0.39 is 11.6 Å². The van der Waals surface area contributed by atoms with E-state index in [1.807, 2.05) is 36.4 Å². The highest BCUT2D eigenvalue weighted by atomic mass is 16.7. The molecule has 1 aromatic heterocycles. The van der Waals surface area contributed by atoms with Crippen molar-refractivity contribution >= 4 is 33.4 Å². The summed E-state index contributed by atoms with van der Waals surface area (Å²) in [6, 6.07) is 18.1. The Hall–Kier alpha value is -4.33. The Morgan fingerprint density at radius 1 is 1.03 bits per heavy atom. The summed E-state index contributed by atoms with van der Waals surface area (Å²) < 4.78 is 21.3. The van der Waals surface area contributed by atoms with Crippen molar-refractivity contribution in [2.75, 3.05) is 13.4 Å². The van der Waals surface area contributed by atoms with Gasteiger partial charge in [-0.15, -0.1) is 0 Å². The van der Waals surface area contributed by atoms with Gasteiger partial charge in [-0.3, -0.25) is 0 Å². The molecule has 0 radical (unpaired) electrons. The smallest absolute Gasteiger partial charge is 0.347 e. The molecule has 4 aromatic rings. The fourth-order valence-corrected chi connectivity index (χ4v) is 3.69. The molecule has 1 aliphatic rings. The zero-order valence-electron chi connectivity index (χ0n) is 17.7. The maximum atomic E-state index is 12.2. The van der Waals surface area contributed by atoms with Crippen molar-refractivity contribution in [2.45, 2.75) is 13.5 Å². The minimum atomic E-state index is -0.612. The number of rotatable bonds is 6. The number of carbonyl (C=O) groups excluding carboxylic acids is 1. The maximum absolute atomic E-state index is 12.2. The molecule has 166 valence electrons. The van der Waals surface area contributed by atoms with E-state index in [2.05, 4.69) is 5.16 Å². The number of carbonyl (C=O) groups is 1. The number of hydrogen-bond donors (Lipinski definition) is 0. The van der Waals surface area contributed by atoms with E-state index in [4.69, 9.17) is 23.5 Å². The highest BCUT2D eigenvalue weighted by Gasteiger charge is 2.15. The van der Waals surface area contributed by atoms with Gasteiger partial charge in [0.05, 0.1) is 5.71 Å². The molecule has 0 aliphatic carbocycles. The second-order valence-corrected chi connectivity index (χ2v) is 7.43. The molecule has 0 unspecified atom stereocenters. The molecular weight excluding hydrogens is 426 g/mol. The minimum Gasteiger partial charge on any atom is -0.458 e. The van der Waals surface area contributed by atoms with Crippen molar-refractivity contribution in [3.63, 3.8) is 0 Å². The lowest BCUT2D eigenvalue weighted by atomic mass is 10.0. The molecule has 5 rings (SSSR count). The van der Waals surface area contributed by atoms with Crippen LogP contribution in [0, 0.1) is 0 Å². The summed E-state index contributed by atoms with van der Waals surface area (Å²) >= 11 is 0. The molecular formula is C25H19NO7. The predicted molar refractivity (Wildman–Crippen MR) is 121 cm³/mol.